The second-order valence-corrected chi connectivity index (χ2v) is 7.12. The van der Waals surface area contributed by atoms with Crippen molar-refractivity contribution >= 4 is 28.5 Å². The van der Waals surface area contributed by atoms with E-state index < -0.39 is 17.7 Å². The predicted octanol–water partition coefficient (Wildman–Crippen LogP) is 5.99. The number of pyridine rings is 1. The lowest BCUT2D eigenvalue weighted by Crippen LogP contribution is -2.10. The van der Waals surface area contributed by atoms with Crippen molar-refractivity contribution in [1.29, 1.82) is 0 Å². The number of aromatic nitrogens is 2. The van der Waals surface area contributed by atoms with Gasteiger partial charge in [0.1, 0.15) is 0 Å². The fourth-order valence-electron chi connectivity index (χ4n) is 3.45. The van der Waals surface area contributed by atoms with E-state index in [9.17, 15) is 18.0 Å². The van der Waals surface area contributed by atoms with Gasteiger partial charge >= 0.3 is 12.1 Å². The number of para-hydroxylation sites is 1. The Morgan fingerprint density at radius 3 is 2.43 bits per heavy atom. The molecule has 1 N–H and O–H groups in total. The molecule has 0 aliphatic carbocycles. The number of fused-ring (bicyclic) bond motifs is 1. The molecule has 0 fully saturated rings. The summed E-state index contributed by atoms with van der Waals surface area (Å²) in [5, 5.41) is 9.82. The molecule has 4 aromatic rings. The summed E-state index contributed by atoms with van der Waals surface area (Å²) in [7, 11) is 0. The van der Waals surface area contributed by atoms with Gasteiger partial charge in [-0.3, -0.25) is 4.98 Å². The van der Waals surface area contributed by atoms with Crippen LogP contribution in [0.2, 0.25) is 5.02 Å². The van der Waals surface area contributed by atoms with Crippen LogP contribution >= 0.6 is 11.6 Å². The van der Waals surface area contributed by atoms with E-state index >= 15 is 0 Å². The molecular formula is C22H14ClF3N2O2. The first kappa shape index (κ1) is 20.0. The Labute approximate surface area is 174 Å². The van der Waals surface area contributed by atoms with Crippen molar-refractivity contribution in [2.24, 2.45) is 0 Å². The monoisotopic (exact) mass is 430 g/mol. The molecule has 0 radical (unpaired) electrons. The third-order valence-electron chi connectivity index (χ3n) is 4.86. The Kier molecular flexibility index (Phi) is 4.99. The zero-order chi connectivity index (χ0) is 21.5. The maximum absolute atomic E-state index is 13.5. The lowest BCUT2D eigenvalue weighted by atomic mass is 10.0. The fraction of sp³-hybridized carbons (Fsp3) is 0.0909. The van der Waals surface area contributed by atoms with Gasteiger partial charge in [0.15, 0.2) is 0 Å². The Hall–Kier alpha value is -3.32. The van der Waals surface area contributed by atoms with E-state index in [0.29, 0.717) is 11.3 Å². The highest BCUT2D eigenvalue weighted by atomic mass is 35.5. The standard InChI is InChI=1S/C22H14ClF3N2O2/c23-19-11-27-10-18(22(24,25)26)17(19)9-14-12-28(20-4-2-1-3-16(14)20)15-7-5-13(6-8-15)21(29)30/h1-8,10-12H,9H2,(H,29,30). The second-order valence-electron chi connectivity index (χ2n) is 6.72. The highest BCUT2D eigenvalue weighted by Crippen LogP contribution is 2.37. The molecule has 0 bridgehead atoms. The quantitative estimate of drug-likeness (QED) is 0.433. The highest BCUT2D eigenvalue weighted by Gasteiger charge is 2.35. The number of alkyl halides is 3. The summed E-state index contributed by atoms with van der Waals surface area (Å²) < 4.78 is 42.2. The van der Waals surface area contributed by atoms with E-state index in [0.717, 1.165) is 17.1 Å². The number of rotatable bonds is 4. The summed E-state index contributed by atoms with van der Waals surface area (Å²) in [6.45, 7) is 0. The van der Waals surface area contributed by atoms with E-state index in [2.05, 4.69) is 4.98 Å². The van der Waals surface area contributed by atoms with Gasteiger partial charge in [-0.1, -0.05) is 29.8 Å². The van der Waals surface area contributed by atoms with Crippen molar-refractivity contribution in [3.8, 4) is 5.69 Å². The average molecular weight is 431 g/mol. The van der Waals surface area contributed by atoms with E-state index in [4.69, 9.17) is 16.7 Å². The molecule has 0 aliphatic rings. The number of benzene rings is 2. The van der Waals surface area contributed by atoms with Gasteiger partial charge in [-0.2, -0.15) is 13.2 Å². The van der Waals surface area contributed by atoms with Crippen molar-refractivity contribution in [2.75, 3.05) is 0 Å². The number of hydrogen-bond acceptors (Lipinski definition) is 2. The summed E-state index contributed by atoms with van der Waals surface area (Å²) in [4.78, 5) is 14.7. The Morgan fingerprint density at radius 1 is 1.07 bits per heavy atom. The van der Waals surface area contributed by atoms with Crippen molar-refractivity contribution in [1.82, 2.24) is 9.55 Å². The molecule has 0 saturated heterocycles. The molecule has 0 amide bonds. The van der Waals surface area contributed by atoms with Crippen molar-refractivity contribution < 1.29 is 23.1 Å². The number of halogens is 4. The second kappa shape index (κ2) is 7.50. The molecule has 152 valence electrons. The molecular weight excluding hydrogens is 417 g/mol. The van der Waals surface area contributed by atoms with Gasteiger partial charge in [-0.15, -0.1) is 0 Å². The number of carbonyl (C=O) groups is 1. The number of carboxylic acids is 1. The molecule has 2 aromatic carbocycles. The zero-order valence-corrected chi connectivity index (χ0v) is 16.1. The van der Waals surface area contributed by atoms with Gasteiger partial charge in [0.25, 0.3) is 0 Å². The largest absolute Gasteiger partial charge is 0.478 e. The molecule has 0 atom stereocenters. The van der Waals surface area contributed by atoms with Gasteiger partial charge in [0.2, 0.25) is 0 Å². The molecule has 0 saturated carbocycles. The summed E-state index contributed by atoms with van der Waals surface area (Å²) in [5.74, 6) is -1.04. The number of nitrogens with zero attached hydrogens (tertiary/aromatic N) is 2. The fourth-order valence-corrected chi connectivity index (χ4v) is 3.67. The molecule has 0 aliphatic heterocycles. The minimum Gasteiger partial charge on any atom is -0.478 e. The van der Waals surface area contributed by atoms with Crippen LogP contribution in [0.5, 0.6) is 0 Å². The van der Waals surface area contributed by atoms with Crippen LogP contribution in [0.1, 0.15) is 27.0 Å². The van der Waals surface area contributed by atoms with Crippen LogP contribution in [0.4, 0.5) is 13.2 Å². The third kappa shape index (κ3) is 3.64. The summed E-state index contributed by atoms with van der Waals surface area (Å²) in [6.07, 6.45) is -0.868. The van der Waals surface area contributed by atoms with Crippen LogP contribution in [-0.2, 0) is 12.6 Å². The van der Waals surface area contributed by atoms with E-state index in [1.807, 2.05) is 28.8 Å². The van der Waals surface area contributed by atoms with Gasteiger partial charge in [-0.05, 0) is 41.5 Å². The molecule has 0 spiro atoms. The minimum atomic E-state index is -4.57. The van der Waals surface area contributed by atoms with Crippen molar-refractivity contribution in [3.63, 3.8) is 0 Å². The number of aromatic carboxylic acids is 1. The zero-order valence-electron chi connectivity index (χ0n) is 15.3. The minimum absolute atomic E-state index is 0.0308. The van der Waals surface area contributed by atoms with Crippen LogP contribution in [0.3, 0.4) is 0 Å². The summed E-state index contributed by atoms with van der Waals surface area (Å²) in [5.41, 5.74) is 1.38. The first-order valence-electron chi connectivity index (χ1n) is 8.88. The third-order valence-corrected chi connectivity index (χ3v) is 5.19. The average Bonchev–Trinajstić information content (AvgIpc) is 3.07. The SMILES string of the molecule is O=C(O)c1ccc(-n2cc(Cc3c(Cl)cncc3C(F)(F)F)c3ccccc32)cc1. The normalized spacial score (nSPS) is 11.7. The van der Waals surface area contributed by atoms with Gasteiger partial charge in [0.05, 0.1) is 21.7 Å². The lowest BCUT2D eigenvalue weighted by Gasteiger charge is -2.13. The maximum atomic E-state index is 13.5. The molecule has 8 heteroatoms. The van der Waals surface area contributed by atoms with Crippen LogP contribution < -0.4 is 0 Å². The molecule has 2 heterocycles. The van der Waals surface area contributed by atoms with Gasteiger partial charge < -0.3 is 9.67 Å². The molecule has 4 nitrogen and oxygen atoms in total. The number of carboxylic acid groups (broad SMARTS) is 1. The van der Waals surface area contributed by atoms with E-state index in [1.54, 1.807) is 18.3 Å². The van der Waals surface area contributed by atoms with E-state index in [-0.39, 0.29) is 22.6 Å². The summed E-state index contributed by atoms with van der Waals surface area (Å²) >= 11 is 6.08. The van der Waals surface area contributed by atoms with Crippen LogP contribution in [-0.4, -0.2) is 20.6 Å². The maximum Gasteiger partial charge on any atom is 0.418 e. The molecule has 4 rings (SSSR count). The lowest BCUT2D eigenvalue weighted by molar-refractivity contribution is -0.138. The topological polar surface area (TPSA) is 55.1 Å². The van der Waals surface area contributed by atoms with Crippen LogP contribution in [0.15, 0.2) is 67.1 Å². The van der Waals surface area contributed by atoms with Crippen LogP contribution in [0.25, 0.3) is 16.6 Å². The number of hydrogen-bond donors (Lipinski definition) is 1. The molecule has 2 aromatic heterocycles. The molecule has 0 unspecified atom stereocenters. The van der Waals surface area contributed by atoms with Crippen molar-refractivity contribution in [2.45, 2.75) is 12.6 Å². The Bertz CT molecular complexity index is 1250. The van der Waals surface area contributed by atoms with Gasteiger partial charge in [-0.25, -0.2) is 4.79 Å². The molecule has 30 heavy (non-hydrogen) atoms. The van der Waals surface area contributed by atoms with Gasteiger partial charge in [0, 0.05) is 36.1 Å². The predicted molar refractivity (Wildman–Crippen MR) is 107 cm³/mol. The highest BCUT2D eigenvalue weighted by molar-refractivity contribution is 6.31. The van der Waals surface area contributed by atoms with Crippen molar-refractivity contribution in [3.05, 3.63) is 94.4 Å². The smallest absolute Gasteiger partial charge is 0.418 e. The first-order chi connectivity index (χ1) is 14.3. The first-order valence-corrected chi connectivity index (χ1v) is 9.26. The van der Waals surface area contributed by atoms with E-state index in [1.165, 1.54) is 18.3 Å². The Balaban J connectivity index is 1.84. The summed E-state index contributed by atoms with van der Waals surface area (Å²) in [6, 6.07) is 13.6. The van der Waals surface area contributed by atoms with Crippen LogP contribution in [0, 0.1) is 0 Å². The Morgan fingerprint density at radius 2 is 1.77 bits per heavy atom.